The second-order valence-electron chi connectivity index (χ2n) is 7.28. The maximum absolute atomic E-state index is 12.5. The van der Waals surface area contributed by atoms with Crippen LogP contribution >= 0.6 is 0 Å². The molecule has 1 amide bonds. The average Bonchev–Trinajstić information content (AvgIpc) is 2.64. The molecule has 0 aliphatic heterocycles. The lowest BCUT2D eigenvalue weighted by Crippen LogP contribution is -2.33. The van der Waals surface area contributed by atoms with E-state index in [2.05, 4.69) is 20.8 Å². The van der Waals surface area contributed by atoms with Crippen molar-refractivity contribution >= 4 is 11.9 Å². The summed E-state index contributed by atoms with van der Waals surface area (Å²) in [6.07, 6.45) is 14.2. The number of amides is 1. The summed E-state index contributed by atoms with van der Waals surface area (Å²) in [7, 11) is 0. The molecule has 0 N–H and O–H groups in total. The molecule has 0 aromatic heterocycles. The lowest BCUT2D eigenvalue weighted by molar-refractivity contribution is -0.146. The lowest BCUT2D eigenvalue weighted by atomic mass is 10.1. The molecule has 0 heterocycles. The number of rotatable bonds is 18. The number of hydrogen-bond acceptors (Lipinski definition) is 3. The first kappa shape index (κ1) is 24.9. The van der Waals surface area contributed by atoms with Crippen molar-refractivity contribution in [1.82, 2.24) is 4.90 Å². The van der Waals surface area contributed by atoms with Crippen LogP contribution in [0.15, 0.2) is 0 Å². The fourth-order valence-corrected chi connectivity index (χ4v) is 2.97. The van der Waals surface area contributed by atoms with Crippen molar-refractivity contribution in [3.05, 3.63) is 0 Å². The van der Waals surface area contributed by atoms with E-state index in [1.165, 1.54) is 51.4 Å². The Bertz CT molecular complexity index is 332. The number of carbonyl (C=O) groups is 2. The summed E-state index contributed by atoms with van der Waals surface area (Å²) in [5, 5.41) is 0. The molecule has 0 aromatic carbocycles. The van der Waals surface area contributed by atoms with Gasteiger partial charge in [0.2, 0.25) is 5.91 Å². The Morgan fingerprint density at radius 3 is 1.65 bits per heavy atom. The zero-order valence-corrected chi connectivity index (χ0v) is 17.7. The third kappa shape index (κ3) is 15.2. The fourth-order valence-electron chi connectivity index (χ4n) is 2.97. The topological polar surface area (TPSA) is 46.6 Å². The summed E-state index contributed by atoms with van der Waals surface area (Å²) in [4.78, 5) is 26.3. The third-order valence-electron chi connectivity index (χ3n) is 4.72. The Balaban J connectivity index is 4.09. The number of esters is 1. The van der Waals surface area contributed by atoms with Crippen molar-refractivity contribution in [2.24, 2.45) is 0 Å². The highest BCUT2D eigenvalue weighted by Gasteiger charge is 2.15. The van der Waals surface area contributed by atoms with Crippen molar-refractivity contribution < 1.29 is 14.3 Å². The van der Waals surface area contributed by atoms with Crippen LogP contribution in [0.5, 0.6) is 0 Å². The Kier molecular flexibility index (Phi) is 18.0. The Morgan fingerprint density at radius 2 is 1.15 bits per heavy atom. The van der Waals surface area contributed by atoms with Crippen LogP contribution < -0.4 is 0 Å². The minimum absolute atomic E-state index is 0.112. The first-order valence-corrected chi connectivity index (χ1v) is 11.1. The molecule has 0 fully saturated rings. The molecule has 0 aliphatic carbocycles. The van der Waals surface area contributed by atoms with Crippen molar-refractivity contribution in [3.63, 3.8) is 0 Å². The van der Waals surface area contributed by atoms with Gasteiger partial charge in [-0.25, -0.2) is 0 Å². The Labute approximate surface area is 162 Å². The van der Waals surface area contributed by atoms with E-state index in [1.807, 2.05) is 4.90 Å². The molecule has 0 bridgehead atoms. The number of carbonyl (C=O) groups excluding carboxylic acids is 2. The summed E-state index contributed by atoms with van der Waals surface area (Å²) in [5.41, 5.74) is 0. The molecule has 0 spiro atoms. The van der Waals surface area contributed by atoms with Crippen LogP contribution in [0.3, 0.4) is 0 Å². The van der Waals surface area contributed by atoms with Gasteiger partial charge in [0.05, 0.1) is 13.0 Å². The molecule has 0 radical (unpaired) electrons. The van der Waals surface area contributed by atoms with Crippen LogP contribution in [0.25, 0.3) is 0 Å². The molecular formula is C22H43NO3. The van der Waals surface area contributed by atoms with Crippen LogP contribution in [0, 0.1) is 0 Å². The zero-order chi connectivity index (χ0) is 19.5. The van der Waals surface area contributed by atoms with Gasteiger partial charge in [-0.1, -0.05) is 78.6 Å². The lowest BCUT2D eigenvalue weighted by Gasteiger charge is -2.23. The predicted octanol–water partition coefficient (Wildman–Crippen LogP) is 5.88. The summed E-state index contributed by atoms with van der Waals surface area (Å²) in [5.74, 6) is -0.118. The molecule has 0 unspecified atom stereocenters. The van der Waals surface area contributed by atoms with Gasteiger partial charge in [-0.15, -0.1) is 0 Å². The van der Waals surface area contributed by atoms with Crippen LogP contribution in [0.4, 0.5) is 0 Å². The fraction of sp³-hybridized carbons (Fsp3) is 0.909. The highest BCUT2D eigenvalue weighted by molar-refractivity contribution is 5.81. The van der Waals surface area contributed by atoms with Crippen LogP contribution in [-0.4, -0.2) is 36.5 Å². The van der Waals surface area contributed by atoms with Crippen LogP contribution in [0.2, 0.25) is 0 Å². The number of unbranched alkanes of at least 4 members (excludes halogenated alkanes) is 9. The van der Waals surface area contributed by atoms with E-state index in [4.69, 9.17) is 4.74 Å². The molecule has 0 atom stereocenters. The minimum Gasteiger partial charge on any atom is -0.466 e. The van der Waals surface area contributed by atoms with Gasteiger partial charge in [0.15, 0.2) is 0 Å². The van der Waals surface area contributed by atoms with Crippen molar-refractivity contribution in [2.75, 3.05) is 19.7 Å². The van der Waals surface area contributed by atoms with Crippen LogP contribution in [-0.2, 0) is 14.3 Å². The highest BCUT2D eigenvalue weighted by atomic mass is 16.5. The molecule has 4 heteroatoms. The standard InChI is InChI=1S/C22H43NO3/c1-4-7-10-13-18-23(19-14-11-8-5-2)21(24)16-17-22(25)26-20-15-12-9-6-3/h4-20H2,1-3H3. The van der Waals surface area contributed by atoms with Crippen molar-refractivity contribution in [1.29, 1.82) is 0 Å². The maximum Gasteiger partial charge on any atom is 0.306 e. The zero-order valence-electron chi connectivity index (χ0n) is 17.7. The van der Waals surface area contributed by atoms with Gasteiger partial charge in [-0.2, -0.15) is 0 Å². The van der Waals surface area contributed by atoms with Gasteiger partial charge in [0.25, 0.3) is 0 Å². The minimum atomic E-state index is -0.230. The van der Waals surface area contributed by atoms with E-state index in [-0.39, 0.29) is 24.7 Å². The van der Waals surface area contributed by atoms with Gasteiger partial charge in [-0.05, 0) is 19.3 Å². The largest absolute Gasteiger partial charge is 0.466 e. The van der Waals surface area contributed by atoms with E-state index in [0.717, 1.165) is 38.8 Å². The predicted molar refractivity (Wildman–Crippen MR) is 109 cm³/mol. The number of ether oxygens (including phenoxy) is 1. The molecule has 26 heavy (non-hydrogen) atoms. The van der Waals surface area contributed by atoms with E-state index >= 15 is 0 Å². The number of nitrogens with zero attached hydrogens (tertiary/aromatic N) is 1. The van der Waals surface area contributed by atoms with Gasteiger partial charge in [0, 0.05) is 19.5 Å². The summed E-state index contributed by atoms with van der Waals surface area (Å²) >= 11 is 0. The molecular weight excluding hydrogens is 326 g/mol. The smallest absolute Gasteiger partial charge is 0.306 e. The van der Waals surface area contributed by atoms with Gasteiger partial charge >= 0.3 is 5.97 Å². The highest BCUT2D eigenvalue weighted by Crippen LogP contribution is 2.09. The molecule has 0 rings (SSSR count). The summed E-state index contributed by atoms with van der Waals surface area (Å²) < 4.78 is 5.24. The van der Waals surface area contributed by atoms with Crippen LogP contribution in [0.1, 0.15) is 111 Å². The molecule has 0 saturated carbocycles. The van der Waals surface area contributed by atoms with Gasteiger partial charge < -0.3 is 9.64 Å². The summed E-state index contributed by atoms with van der Waals surface area (Å²) in [6, 6.07) is 0. The summed E-state index contributed by atoms with van der Waals surface area (Å²) in [6.45, 7) is 8.70. The van der Waals surface area contributed by atoms with E-state index in [0.29, 0.717) is 6.61 Å². The molecule has 4 nitrogen and oxygen atoms in total. The second kappa shape index (κ2) is 18.7. The monoisotopic (exact) mass is 369 g/mol. The first-order valence-electron chi connectivity index (χ1n) is 11.1. The Hall–Kier alpha value is -1.06. The van der Waals surface area contributed by atoms with E-state index < -0.39 is 0 Å². The molecule has 0 saturated heterocycles. The SMILES string of the molecule is CCCCCCOC(=O)CCC(=O)N(CCCCCC)CCCCCC. The van der Waals surface area contributed by atoms with Gasteiger partial charge in [-0.3, -0.25) is 9.59 Å². The first-order chi connectivity index (χ1) is 12.7. The molecule has 0 aliphatic rings. The molecule has 154 valence electrons. The second-order valence-corrected chi connectivity index (χ2v) is 7.28. The number of hydrogen-bond donors (Lipinski definition) is 0. The third-order valence-corrected chi connectivity index (χ3v) is 4.72. The molecule has 0 aromatic rings. The van der Waals surface area contributed by atoms with E-state index in [9.17, 15) is 9.59 Å². The van der Waals surface area contributed by atoms with Crippen molar-refractivity contribution in [2.45, 2.75) is 111 Å². The van der Waals surface area contributed by atoms with E-state index in [1.54, 1.807) is 0 Å². The average molecular weight is 370 g/mol. The Morgan fingerprint density at radius 1 is 0.654 bits per heavy atom. The van der Waals surface area contributed by atoms with Gasteiger partial charge in [0.1, 0.15) is 0 Å². The maximum atomic E-state index is 12.5. The quantitative estimate of drug-likeness (QED) is 0.224. The van der Waals surface area contributed by atoms with Crippen molar-refractivity contribution in [3.8, 4) is 0 Å². The normalized spacial score (nSPS) is 10.7.